The second-order valence-corrected chi connectivity index (χ2v) is 7.26. The second kappa shape index (κ2) is 8.52. The van der Waals surface area contributed by atoms with Crippen LogP contribution in [-0.4, -0.2) is 47.5 Å². The van der Waals surface area contributed by atoms with Crippen LogP contribution in [0.3, 0.4) is 0 Å². The molecule has 1 aliphatic rings. The maximum atomic E-state index is 13.1. The quantitative estimate of drug-likeness (QED) is 0.834. The highest BCUT2D eigenvalue weighted by Gasteiger charge is 2.30. The molecule has 0 radical (unpaired) electrons. The van der Waals surface area contributed by atoms with Gasteiger partial charge in [0.25, 0.3) is 5.91 Å². The summed E-state index contributed by atoms with van der Waals surface area (Å²) in [7, 11) is 0. The maximum Gasteiger partial charge on any atom is 0.255 e. The van der Waals surface area contributed by atoms with Gasteiger partial charge >= 0.3 is 0 Å². The Morgan fingerprint density at radius 2 is 1.88 bits per heavy atom. The highest BCUT2D eigenvalue weighted by atomic mass is 32.2. The number of thioether (sulfide) groups is 1. The minimum absolute atomic E-state index is 0.0137. The first kappa shape index (κ1) is 18.0. The van der Waals surface area contributed by atoms with Crippen molar-refractivity contribution < 1.29 is 14.6 Å². The van der Waals surface area contributed by atoms with Gasteiger partial charge in [0.2, 0.25) is 0 Å². The molecule has 1 saturated heterocycles. The fourth-order valence-electron chi connectivity index (χ4n) is 3.06. The van der Waals surface area contributed by atoms with Crippen molar-refractivity contribution in [3.63, 3.8) is 0 Å². The zero-order valence-corrected chi connectivity index (χ0v) is 15.1. The molecule has 3 rings (SSSR count). The molecule has 0 aliphatic carbocycles. The third-order valence-corrected chi connectivity index (χ3v) is 5.24. The van der Waals surface area contributed by atoms with Crippen molar-refractivity contribution in [1.29, 1.82) is 0 Å². The Balaban J connectivity index is 1.80. The topological polar surface area (TPSA) is 49.8 Å². The van der Waals surface area contributed by atoms with E-state index in [-0.39, 0.29) is 24.7 Å². The van der Waals surface area contributed by atoms with E-state index in [9.17, 15) is 4.79 Å². The first-order valence-corrected chi connectivity index (χ1v) is 9.50. The molecular formula is C20H23NO3S. The second-order valence-electron chi connectivity index (χ2n) is 6.12. The van der Waals surface area contributed by atoms with E-state index in [1.54, 1.807) is 0 Å². The van der Waals surface area contributed by atoms with E-state index in [2.05, 4.69) is 0 Å². The fraction of sp³-hybridized carbons (Fsp3) is 0.350. The molecule has 1 aliphatic heterocycles. The smallest absolute Gasteiger partial charge is 0.255 e. The van der Waals surface area contributed by atoms with E-state index in [0.717, 1.165) is 10.5 Å². The van der Waals surface area contributed by atoms with Gasteiger partial charge in [0.1, 0.15) is 6.10 Å². The van der Waals surface area contributed by atoms with E-state index in [1.807, 2.05) is 66.4 Å². The monoisotopic (exact) mass is 357 g/mol. The van der Waals surface area contributed by atoms with E-state index in [0.29, 0.717) is 24.4 Å². The van der Waals surface area contributed by atoms with Crippen molar-refractivity contribution in [1.82, 2.24) is 4.90 Å². The molecule has 1 N–H and O–H groups in total. The lowest BCUT2D eigenvalue weighted by molar-refractivity contribution is -0.0692. The van der Waals surface area contributed by atoms with Crippen LogP contribution in [0.2, 0.25) is 0 Å². The van der Waals surface area contributed by atoms with Gasteiger partial charge in [-0.15, -0.1) is 11.8 Å². The van der Waals surface area contributed by atoms with Crippen LogP contribution in [0.1, 0.15) is 28.9 Å². The van der Waals surface area contributed by atoms with Crippen LogP contribution in [0, 0.1) is 0 Å². The molecule has 5 heteroatoms. The molecule has 2 aromatic rings. The highest BCUT2D eigenvalue weighted by molar-refractivity contribution is 7.99. The number of ether oxygens (including phenoxy) is 1. The lowest BCUT2D eigenvalue weighted by Crippen LogP contribution is -2.46. The number of carbonyl (C=O) groups is 1. The Labute approximate surface area is 152 Å². The summed E-state index contributed by atoms with van der Waals surface area (Å²) in [4.78, 5) is 15.9. The summed E-state index contributed by atoms with van der Waals surface area (Å²) in [5.74, 6) is 0.605. The standard InChI is InChI=1S/C20H23NO3S/c1-15-13-21(14-18(24-15)16-7-3-2-4-8-16)20(23)17-9-5-6-10-19(17)25-12-11-22/h2-10,15,18,22H,11-14H2,1H3/t15-,18-/m1/s1. The highest BCUT2D eigenvalue weighted by Crippen LogP contribution is 2.28. The molecule has 0 aromatic heterocycles. The summed E-state index contributed by atoms with van der Waals surface area (Å²) < 4.78 is 6.05. The Bertz CT molecular complexity index is 707. The van der Waals surface area contributed by atoms with Gasteiger partial charge in [-0.3, -0.25) is 4.79 Å². The predicted molar refractivity (Wildman–Crippen MR) is 99.9 cm³/mol. The molecule has 2 aromatic carbocycles. The first-order valence-electron chi connectivity index (χ1n) is 8.51. The van der Waals surface area contributed by atoms with E-state index >= 15 is 0 Å². The van der Waals surface area contributed by atoms with E-state index in [1.165, 1.54) is 11.8 Å². The molecular weight excluding hydrogens is 334 g/mol. The Morgan fingerprint density at radius 1 is 1.16 bits per heavy atom. The number of morpholine rings is 1. The molecule has 25 heavy (non-hydrogen) atoms. The van der Waals surface area contributed by atoms with Crippen molar-refractivity contribution in [2.45, 2.75) is 24.0 Å². The Kier molecular flexibility index (Phi) is 6.13. The number of benzene rings is 2. The lowest BCUT2D eigenvalue weighted by Gasteiger charge is -2.37. The number of aliphatic hydroxyl groups excluding tert-OH is 1. The van der Waals surface area contributed by atoms with Gasteiger partial charge in [-0.05, 0) is 24.6 Å². The van der Waals surface area contributed by atoms with Gasteiger partial charge in [-0.2, -0.15) is 0 Å². The van der Waals surface area contributed by atoms with Crippen LogP contribution in [0.25, 0.3) is 0 Å². The molecule has 2 atom stereocenters. The van der Waals surface area contributed by atoms with Crippen LogP contribution in [-0.2, 0) is 4.74 Å². The van der Waals surface area contributed by atoms with Crippen molar-refractivity contribution >= 4 is 17.7 Å². The third-order valence-electron chi connectivity index (χ3n) is 4.19. The fourth-order valence-corrected chi connectivity index (χ4v) is 3.86. The SMILES string of the molecule is C[C@@H]1CN(C(=O)c2ccccc2SCCO)C[C@H](c2ccccc2)O1. The summed E-state index contributed by atoms with van der Waals surface area (Å²) in [6.07, 6.45) is -0.119. The first-order chi connectivity index (χ1) is 12.2. The van der Waals surface area contributed by atoms with Gasteiger partial charge in [0.15, 0.2) is 0 Å². The molecule has 4 nitrogen and oxygen atoms in total. The number of rotatable bonds is 5. The zero-order valence-electron chi connectivity index (χ0n) is 14.3. The van der Waals surface area contributed by atoms with Crippen molar-refractivity contribution in [2.75, 3.05) is 25.4 Å². The molecule has 0 saturated carbocycles. The van der Waals surface area contributed by atoms with Crippen LogP contribution in [0.15, 0.2) is 59.5 Å². The van der Waals surface area contributed by atoms with Crippen LogP contribution < -0.4 is 0 Å². The summed E-state index contributed by atoms with van der Waals surface area (Å²) in [6.45, 7) is 3.23. The number of amides is 1. The summed E-state index contributed by atoms with van der Waals surface area (Å²) in [5.41, 5.74) is 1.79. The molecule has 0 unspecified atom stereocenters. The predicted octanol–water partition coefficient (Wildman–Crippen LogP) is 3.37. The van der Waals surface area contributed by atoms with Gasteiger partial charge in [-0.25, -0.2) is 0 Å². The molecule has 132 valence electrons. The summed E-state index contributed by atoms with van der Waals surface area (Å²) >= 11 is 1.51. The minimum atomic E-state index is -0.105. The van der Waals surface area contributed by atoms with Crippen LogP contribution in [0.5, 0.6) is 0 Å². The third kappa shape index (κ3) is 4.42. The van der Waals surface area contributed by atoms with E-state index in [4.69, 9.17) is 9.84 Å². The Morgan fingerprint density at radius 3 is 2.64 bits per heavy atom. The van der Waals surface area contributed by atoms with E-state index < -0.39 is 0 Å². The van der Waals surface area contributed by atoms with Crippen molar-refractivity contribution in [3.05, 3.63) is 65.7 Å². The van der Waals surface area contributed by atoms with Crippen molar-refractivity contribution in [3.8, 4) is 0 Å². The minimum Gasteiger partial charge on any atom is -0.396 e. The number of carbonyl (C=O) groups excluding carboxylic acids is 1. The lowest BCUT2D eigenvalue weighted by atomic mass is 10.1. The molecule has 0 bridgehead atoms. The Hall–Kier alpha value is -1.82. The van der Waals surface area contributed by atoms with Gasteiger partial charge < -0.3 is 14.7 Å². The molecule has 1 amide bonds. The average molecular weight is 357 g/mol. The average Bonchev–Trinajstić information content (AvgIpc) is 2.66. The number of nitrogens with zero attached hydrogens (tertiary/aromatic N) is 1. The summed E-state index contributed by atoms with van der Waals surface area (Å²) in [6, 6.07) is 17.6. The number of hydrogen-bond donors (Lipinski definition) is 1. The largest absolute Gasteiger partial charge is 0.396 e. The zero-order chi connectivity index (χ0) is 17.6. The molecule has 0 spiro atoms. The molecule has 1 fully saturated rings. The van der Waals surface area contributed by atoms with Gasteiger partial charge in [0.05, 0.1) is 24.8 Å². The van der Waals surface area contributed by atoms with Gasteiger partial charge in [-0.1, -0.05) is 42.5 Å². The number of hydrogen-bond acceptors (Lipinski definition) is 4. The number of aliphatic hydroxyl groups is 1. The van der Waals surface area contributed by atoms with Gasteiger partial charge in [0, 0.05) is 17.2 Å². The van der Waals surface area contributed by atoms with Crippen molar-refractivity contribution in [2.24, 2.45) is 0 Å². The molecule has 1 heterocycles. The van der Waals surface area contributed by atoms with Crippen LogP contribution in [0.4, 0.5) is 0 Å². The summed E-state index contributed by atoms with van der Waals surface area (Å²) in [5, 5.41) is 9.07. The normalized spacial score (nSPS) is 20.5. The van der Waals surface area contributed by atoms with Crippen LogP contribution >= 0.6 is 11.8 Å². The maximum absolute atomic E-state index is 13.1.